The zero-order valence-corrected chi connectivity index (χ0v) is 17.5. The lowest BCUT2D eigenvalue weighted by Gasteiger charge is -2.14. The van der Waals surface area contributed by atoms with Gasteiger partial charge >= 0.3 is 10.1 Å². The number of carbonyl (C=O) groups is 1. The molecule has 2 aliphatic heterocycles. The van der Waals surface area contributed by atoms with E-state index in [4.69, 9.17) is 4.18 Å². The third-order valence-electron chi connectivity index (χ3n) is 5.74. The average Bonchev–Trinajstić information content (AvgIpc) is 3.41. The van der Waals surface area contributed by atoms with Crippen LogP contribution in [-0.4, -0.2) is 43.6 Å². The number of hydrogen-bond donors (Lipinski definition) is 2. The van der Waals surface area contributed by atoms with Gasteiger partial charge in [0.15, 0.2) is 0 Å². The highest BCUT2D eigenvalue weighted by molar-refractivity contribution is 7.86. The Bertz CT molecular complexity index is 1260. The van der Waals surface area contributed by atoms with E-state index in [9.17, 15) is 13.2 Å². The Balaban J connectivity index is 1.53. The topological polar surface area (TPSA) is 91.5 Å². The van der Waals surface area contributed by atoms with Gasteiger partial charge < -0.3 is 14.5 Å². The van der Waals surface area contributed by atoms with E-state index >= 15 is 0 Å². The van der Waals surface area contributed by atoms with Gasteiger partial charge in [-0.1, -0.05) is 6.07 Å². The fraction of sp³-hybridized carbons (Fsp3) is 0.318. The van der Waals surface area contributed by atoms with Crippen molar-refractivity contribution in [2.24, 2.45) is 0 Å². The number of carbonyl (C=O) groups excluding carboxylic acids is 1. The number of hydrogen-bond acceptors (Lipinski definition) is 5. The molecule has 7 nitrogen and oxygen atoms in total. The van der Waals surface area contributed by atoms with Gasteiger partial charge in [-0.2, -0.15) is 8.42 Å². The maximum Gasteiger partial charge on any atom is 0.306 e. The zero-order chi connectivity index (χ0) is 20.9. The lowest BCUT2D eigenvalue weighted by atomic mass is 9.99. The SMILES string of the molecule is CS(=O)(=O)Oc1ccc(-c2cc3cc(CN4CCCC4)ccc3[nH]2)c2c1CNC2=O. The largest absolute Gasteiger partial charge is 0.382 e. The van der Waals surface area contributed by atoms with E-state index in [2.05, 4.69) is 33.4 Å². The molecule has 30 heavy (non-hydrogen) atoms. The number of H-pyrrole nitrogens is 1. The second-order valence-electron chi connectivity index (χ2n) is 8.02. The van der Waals surface area contributed by atoms with Gasteiger partial charge in [-0.25, -0.2) is 0 Å². The van der Waals surface area contributed by atoms with Crippen molar-refractivity contribution in [2.75, 3.05) is 19.3 Å². The van der Waals surface area contributed by atoms with Crippen LogP contribution in [0.3, 0.4) is 0 Å². The molecule has 2 aromatic carbocycles. The molecular weight excluding hydrogens is 402 g/mol. The average molecular weight is 426 g/mol. The Hall–Kier alpha value is -2.84. The standard InChI is InChI=1S/C22H23N3O4S/c1-30(27,28)29-20-7-5-16(21-17(20)12-23-22(21)26)19-11-15-10-14(4-6-18(15)24-19)13-25-8-2-3-9-25/h4-7,10-11,24H,2-3,8-9,12-13H2,1H3,(H,23,26). The summed E-state index contributed by atoms with van der Waals surface area (Å²) >= 11 is 0. The summed E-state index contributed by atoms with van der Waals surface area (Å²) in [5, 5.41) is 3.86. The van der Waals surface area contributed by atoms with E-state index in [0.29, 0.717) is 11.1 Å². The van der Waals surface area contributed by atoms with E-state index in [0.717, 1.165) is 48.1 Å². The van der Waals surface area contributed by atoms with Crippen LogP contribution in [0.1, 0.15) is 34.3 Å². The van der Waals surface area contributed by atoms with E-state index in [1.807, 2.05) is 6.07 Å². The van der Waals surface area contributed by atoms with Gasteiger partial charge in [-0.15, -0.1) is 0 Å². The van der Waals surface area contributed by atoms with Crippen LogP contribution >= 0.6 is 0 Å². The molecule has 1 fully saturated rings. The molecule has 2 aliphatic rings. The first kappa shape index (κ1) is 19.1. The summed E-state index contributed by atoms with van der Waals surface area (Å²) in [6.07, 6.45) is 3.53. The highest BCUT2D eigenvalue weighted by Gasteiger charge is 2.28. The quantitative estimate of drug-likeness (QED) is 0.613. The van der Waals surface area contributed by atoms with Crippen LogP contribution in [0.2, 0.25) is 0 Å². The van der Waals surface area contributed by atoms with E-state index in [1.54, 1.807) is 12.1 Å². The number of benzene rings is 2. The van der Waals surface area contributed by atoms with Crippen molar-refractivity contribution in [1.29, 1.82) is 0 Å². The summed E-state index contributed by atoms with van der Waals surface area (Å²) in [6.45, 7) is 3.50. The Morgan fingerprint density at radius 2 is 1.90 bits per heavy atom. The summed E-state index contributed by atoms with van der Waals surface area (Å²) in [6, 6.07) is 11.8. The molecule has 8 heteroatoms. The van der Waals surface area contributed by atoms with Crippen molar-refractivity contribution in [3.05, 3.63) is 53.1 Å². The predicted molar refractivity (Wildman–Crippen MR) is 115 cm³/mol. The number of likely N-dealkylation sites (tertiary alicyclic amines) is 1. The van der Waals surface area contributed by atoms with Crippen molar-refractivity contribution in [1.82, 2.24) is 15.2 Å². The number of aromatic nitrogens is 1. The number of amides is 1. The molecular formula is C22H23N3O4S. The first-order chi connectivity index (χ1) is 14.4. The Kier molecular flexibility index (Phi) is 4.56. The lowest BCUT2D eigenvalue weighted by molar-refractivity contribution is 0.0966. The second kappa shape index (κ2) is 7.14. The fourth-order valence-electron chi connectivity index (χ4n) is 4.41. The molecule has 5 rings (SSSR count). The summed E-state index contributed by atoms with van der Waals surface area (Å²) < 4.78 is 28.2. The Morgan fingerprint density at radius 3 is 2.67 bits per heavy atom. The minimum absolute atomic E-state index is 0.193. The van der Waals surface area contributed by atoms with Crippen LogP contribution in [0.4, 0.5) is 0 Å². The van der Waals surface area contributed by atoms with E-state index in [-0.39, 0.29) is 18.2 Å². The van der Waals surface area contributed by atoms with Crippen molar-refractivity contribution >= 4 is 26.9 Å². The minimum Gasteiger partial charge on any atom is -0.382 e. The predicted octanol–water partition coefficient (Wildman–Crippen LogP) is 3.01. The van der Waals surface area contributed by atoms with Gasteiger partial charge in [0.2, 0.25) is 0 Å². The number of aromatic amines is 1. The Labute approximate surface area is 175 Å². The summed E-state index contributed by atoms with van der Waals surface area (Å²) in [5.74, 6) is -0.0362. The third-order valence-corrected chi connectivity index (χ3v) is 6.23. The van der Waals surface area contributed by atoms with Gasteiger partial charge in [-0.05, 0) is 61.8 Å². The van der Waals surface area contributed by atoms with Crippen molar-refractivity contribution in [2.45, 2.75) is 25.9 Å². The van der Waals surface area contributed by atoms with Gasteiger partial charge in [-0.3, -0.25) is 9.69 Å². The number of nitrogens with zero attached hydrogens (tertiary/aromatic N) is 1. The first-order valence-electron chi connectivity index (χ1n) is 10.1. The molecule has 2 N–H and O–H groups in total. The molecule has 1 aromatic heterocycles. The van der Waals surface area contributed by atoms with E-state index < -0.39 is 10.1 Å². The molecule has 0 saturated carbocycles. The van der Waals surface area contributed by atoms with Crippen LogP contribution in [0, 0.1) is 0 Å². The number of fused-ring (bicyclic) bond motifs is 2. The molecule has 3 heterocycles. The molecule has 3 aromatic rings. The Morgan fingerprint density at radius 1 is 1.10 bits per heavy atom. The van der Waals surface area contributed by atoms with Crippen LogP contribution in [0.15, 0.2) is 36.4 Å². The second-order valence-corrected chi connectivity index (χ2v) is 9.60. The maximum absolute atomic E-state index is 12.5. The number of rotatable bonds is 5. The van der Waals surface area contributed by atoms with Gasteiger partial charge in [0, 0.05) is 40.8 Å². The summed E-state index contributed by atoms with van der Waals surface area (Å²) in [7, 11) is -3.68. The van der Waals surface area contributed by atoms with Crippen LogP contribution < -0.4 is 9.50 Å². The van der Waals surface area contributed by atoms with Crippen LogP contribution in [0.5, 0.6) is 5.75 Å². The molecule has 156 valence electrons. The van der Waals surface area contributed by atoms with Crippen molar-refractivity contribution in [3.8, 4) is 17.0 Å². The monoisotopic (exact) mass is 425 g/mol. The third kappa shape index (κ3) is 3.57. The molecule has 1 saturated heterocycles. The van der Waals surface area contributed by atoms with Gasteiger partial charge in [0.05, 0.1) is 11.8 Å². The molecule has 0 spiro atoms. The van der Waals surface area contributed by atoms with E-state index in [1.165, 1.54) is 18.4 Å². The molecule has 0 bridgehead atoms. The highest BCUT2D eigenvalue weighted by Crippen LogP contribution is 2.36. The molecule has 0 unspecified atom stereocenters. The van der Waals surface area contributed by atoms with Crippen LogP contribution in [0.25, 0.3) is 22.2 Å². The van der Waals surface area contributed by atoms with Crippen molar-refractivity contribution in [3.63, 3.8) is 0 Å². The van der Waals surface area contributed by atoms with Crippen molar-refractivity contribution < 1.29 is 17.4 Å². The highest BCUT2D eigenvalue weighted by atomic mass is 32.2. The van der Waals surface area contributed by atoms with Gasteiger partial charge in [0.1, 0.15) is 5.75 Å². The van der Waals surface area contributed by atoms with Gasteiger partial charge in [0.25, 0.3) is 5.91 Å². The fourth-order valence-corrected chi connectivity index (χ4v) is 4.89. The molecule has 0 atom stereocenters. The summed E-state index contributed by atoms with van der Waals surface area (Å²) in [4.78, 5) is 18.4. The van der Waals surface area contributed by atoms with Crippen LogP contribution in [-0.2, 0) is 23.2 Å². The lowest BCUT2D eigenvalue weighted by Crippen LogP contribution is -2.18. The zero-order valence-electron chi connectivity index (χ0n) is 16.7. The molecule has 1 amide bonds. The number of nitrogens with one attached hydrogen (secondary N) is 2. The summed E-state index contributed by atoms with van der Waals surface area (Å²) in [5.41, 5.74) is 4.85. The first-order valence-corrected chi connectivity index (χ1v) is 11.9. The maximum atomic E-state index is 12.5. The minimum atomic E-state index is -3.68. The normalized spacial score (nSPS) is 16.8. The smallest absolute Gasteiger partial charge is 0.306 e. The molecule has 0 radical (unpaired) electrons. The molecule has 0 aliphatic carbocycles.